The fourth-order valence-corrected chi connectivity index (χ4v) is 2.87. The van der Waals surface area contributed by atoms with Crippen LogP contribution in [0.3, 0.4) is 0 Å². The number of carbonyl (C=O) groups excluding carboxylic acids is 1. The highest BCUT2D eigenvalue weighted by Gasteiger charge is 2.52. The minimum atomic E-state index is -0.597. The molecule has 0 atom stereocenters. The van der Waals surface area contributed by atoms with E-state index in [1.54, 1.807) is 36.5 Å². The number of rotatable bonds is 4. The van der Waals surface area contributed by atoms with Crippen molar-refractivity contribution in [2.75, 3.05) is 17.7 Å². The van der Waals surface area contributed by atoms with E-state index in [1.165, 1.54) is 7.11 Å². The molecule has 1 aromatic heterocycles. The first-order chi connectivity index (χ1) is 13.1. The normalized spacial score (nSPS) is 17.3. The van der Waals surface area contributed by atoms with Crippen molar-refractivity contribution in [2.24, 2.45) is 0 Å². The van der Waals surface area contributed by atoms with Crippen molar-refractivity contribution in [2.45, 2.75) is 38.9 Å². The predicted molar refractivity (Wildman–Crippen MR) is 111 cm³/mol. The van der Waals surface area contributed by atoms with Gasteiger partial charge in [-0.1, -0.05) is 17.7 Å². The summed E-state index contributed by atoms with van der Waals surface area (Å²) in [6.45, 7) is 7.90. The third kappa shape index (κ3) is 4.24. The predicted octanol–water partition coefficient (Wildman–Crippen LogP) is 3.69. The van der Waals surface area contributed by atoms with Crippen molar-refractivity contribution < 1.29 is 18.8 Å². The number of anilines is 2. The minimum Gasteiger partial charge on any atom is -0.480 e. The molecular weight excluding hydrogens is 380 g/mol. The van der Waals surface area contributed by atoms with Gasteiger partial charge in [-0.25, -0.2) is 9.78 Å². The minimum absolute atomic E-state index is 0.279. The van der Waals surface area contributed by atoms with E-state index < -0.39 is 24.4 Å². The molecule has 1 saturated heterocycles. The number of hydrogen-bond acceptors (Lipinski definition) is 5. The van der Waals surface area contributed by atoms with E-state index >= 15 is 0 Å². The summed E-state index contributed by atoms with van der Waals surface area (Å²) in [6.07, 6.45) is 1.61. The molecule has 1 fully saturated rings. The first kappa shape index (κ1) is 20.4. The smallest absolute Gasteiger partial charge is 0.480 e. The molecule has 2 N–H and O–H groups in total. The summed E-state index contributed by atoms with van der Waals surface area (Å²) in [5.41, 5.74) is 0.690. The number of halogens is 1. The van der Waals surface area contributed by atoms with Crippen LogP contribution >= 0.6 is 11.6 Å². The lowest BCUT2D eigenvalue weighted by Crippen LogP contribution is -2.41. The largest absolute Gasteiger partial charge is 0.496 e. The van der Waals surface area contributed by atoms with Gasteiger partial charge in [0.15, 0.2) is 0 Å². The van der Waals surface area contributed by atoms with Crippen molar-refractivity contribution in [1.82, 2.24) is 4.98 Å². The highest BCUT2D eigenvalue weighted by molar-refractivity contribution is 6.62. The molecular formula is C19H23BClN3O4. The molecule has 0 saturated carbocycles. The van der Waals surface area contributed by atoms with Crippen LogP contribution in [0.1, 0.15) is 27.7 Å². The average Bonchev–Trinajstić information content (AvgIpc) is 2.82. The molecule has 0 spiro atoms. The lowest BCUT2D eigenvalue weighted by atomic mass is 9.80. The lowest BCUT2D eigenvalue weighted by Gasteiger charge is -2.32. The third-order valence-corrected chi connectivity index (χ3v) is 5.16. The number of ether oxygens (including phenoxy) is 1. The van der Waals surface area contributed by atoms with Crippen molar-refractivity contribution in [3.05, 3.63) is 41.6 Å². The maximum Gasteiger partial charge on any atom is 0.496 e. The summed E-state index contributed by atoms with van der Waals surface area (Å²) < 4.78 is 17.4. The van der Waals surface area contributed by atoms with Gasteiger partial charge in [-0.05, 0) is 52.0 Å². The van der Waals surface area contributed by atoms with Crippen molar-refractivity contribution in [1.29, 1.82) is 0 Å². The molecule has 2 aromatic rings. The monoisotopic (exact) mass is 403 g/mol. The summed E-state index contributed by atoms with van der Waals surface area (Å²) in [4.78, 5) is 16.7. The fourth-order valence-electron chi connectivity index (χ4n) is 2.68. The average molecular weight is 404 g/mol. The van der Waals surface area contributed by atoms with E-state index in [2.05, 4.69) is 15.6 Å². The highest BCUT2D eigenvalue weighted by atomic mass is 35.5. The van der Waals surface area contributed by atoms with Gasteiger partial charge < -0.3 is 24.7 Å². The topological polar surface area (TPSA) is 81.7 Å². The Morgan fingerprint density at radius 1 is 1.14 bits per heavy atom. The van der Waals surface area contributed by atoms with Gasteiger partial charge in [-0.2, -0.15) is 0 Å². The zero-order valence-corrected chi connectivity index (χ0v) is 17.3. The summed E-state index contributed by atoms with van der Waals surface area (Å²) in [6, 6.07) is 8.14. The third-order valence-electron chi connectivity index (χ3n) is 4.92. The van der Waals surface area contributed by atoms with Gasteiger partial charge in [-0.15, -0.1) is 0 Å². The Balaban J connectivity index is 1.79. The van der Waals surface area contributed by atoms with Crippen molar-refractivity contribution >= 4 is 41.6 Å². The second-order valence-electron chi connectivity index (χ2n) is 7.50. The van der Waals surface area contributed by atoms with Crippen LogP contribution in [0, 0.1) is 0 Å². The Hall–Kier alpha value is -2.29. The van der Waals surface area contributed by atoms with Crippen LogP contribution < -0.4 is 20.8 Å². The van der Waals surface area contributed by atoms with Crippen LogP contribution in [0.15, 0.2) is 36.5 Å². The molecule has 2 heterocycles. The number of amides is 2. The highest BCUT2D eigenvalue weighted by Crippen LogP contribution is 2.36. The molecule has 9 heteroatoms. The number of benzene rings is 1. The zero-order valence-electron chi connectivity index (χ0n) is 16.5. The van der Waals surface area contributed by atoms with Gasteiger partial charge in [0.1, 0.15) is 5.69 Å². The number of nitrogens with one attached hydrogen (secondary N) is 2. The van der Waals surface area contributed by atoms with Gasteiger partial charge in [-0.3, -0.25) is 0 Å². The number of methoxy groups -OCH3 is 1. The second-order valence-corrected chi connectivity index (χ2v) is 7.94. The summed E-state index contributed by atoms with van der Waals surface area (Å²) >= 11 is 5.95. The number of urea groups is 1. The number of hydrogen-bond donors (Lipinski definition) is 2. The molecule has 2 amide bonds. The number of aromatic nitrogens is 1. The molecule has 1 aliphatic rings. The first-order valence-electron chi connectivity index (χ1n) is 8.84. The Labute approximate surface area is 169 Å². The van der Waals surface area contributed by atoms with Gasteiger partial charge in [0, 0.05) is 22.4 Å². The molecule has 1 aromatic carbocycles. The Morgan fingerprint density at radius 3 is 2.43 bits per heavy atom. The van der Waals surface area contributed by atoms with E-state index in [0.29, 0.717) is 21.9 Å². The Morgan fingerprint density at radius 2 is 1.82 bits per heavy atom. The van der Waals surface area contributed by atoms with Crippen LogP contribution in [0.4, 0.5) is 16.2 Å². The van der Waals surface area contributed by atoms with E-state index in [9.17, 15) is 4.79 Å². The van der Waals surface area contributed by atoms with E-state index in [4.69, 9.17) is 25.6 Å². The van der Waals surface area contributed by atoms with Gasteiger partial charge in [0.05, 0.1) is 18.3 Å². The fraction of sp³-hybridized carbons (Fsp3) is 0.368. The van der Waals surface area contributed by atoms with Crippen LogP contribution in [0.2, 0.25) is 5.02 Å². The Kier molecular flexibility index (Phi) is 5.56. The number of nitrogens with zero attached hydrogens (tertiary/aromatic N) is 1. The Bertz CT molecular complexity index is 875. The summed E-state index contributed by atoms with van der Waals surface area (Å²) in [5, 5.41) is 5.99. The standard InChI is InChI=1S/C19H23BClN3O4/c1-18(2)19(3,4)28-20(27-18)12-9-15(16(26-5)22-11-12)24-17(25)23-14-8-6-7-13(21)10-14/h6-11H,1-5H3,(H2,23,24,25). The van der Waals surface area contributed by atoms with Crippen LogP contribution in [0.5, 0.6) is 5.88 Å². The molecule has 0 radical (unpaired) electrons. The van der Waals surface area contributed by atoms with E-state index in [0.717, 1.165) is 0 Å². The molecule has 0 bridgehead atoms. The number of carbonyl (C=O) groups is 1. The molecule has 1 aliphatic heterocycles. The maximum absolute atomic E-state index is 12.4. The molecule has 0 aliphatic carbocycles. The second kappa shape index (κ2) is 7.62. The van der Waals surface area contributed by atoms with Crippen LogP contribution in [-0.4, -0.2) is 36.4 Å². The molecule has 0 unspecified atom stereocenters. The SMILES string of the molecule is COc1ncc(B2OC(C)(C)C(C)(C)O2)cc1NC(=O)Nc1cccc(Cl)c1. The molecule has 7 nitrogen and oxygen atoms in total. The van der Waals surface area contributed by atoms with Gasteiger partial charge in [0.2, 0.25) is 5.88 Å². The van der Waals surface area contributed by atoms with Crippen LogP contribution in [0.25, 0.3) is 0 Å². The van der Waals surface area contributed by atoms with Crippen molar-refractivity contribution in [3.8, 4) is 5.88 Å². The quantitative estimate of drug-likeness (QED) is 0.761. The van der Waals surface area contributed by atoms with Crippen LogP contribution in [-0.2, 0) is 9.31 Å². The first-order valence-corrected chi connectivity index (χ1v) is 9.22. The summed E-state index contributed by atoms with van der Waals surface area (Å²) in [5.74, 6) is 0.279. The maximum atomic E-state index is 12.4. The van der Waals surface area contributed by atoms with Gasteiger partial charge >= 0.3 is 13.1 Å². The van der Waals surface area contributed by atoms with Gasteiger partial charge in [0.25, 0.3) is 0 Å². The molecule has 3 rings (SSSR count). The van der Waals surface area contributed by atoms with E-state index in [1.807, 2.05) is 27.7 Å². The van der Waals surface area contributed by atoms with E-state index in [-0.39, 0.29) is 5.88 Å². The summed E-state index contributed by atoms with van der Waals surface area (Å²) in [7, 11) is 0.886. The lowest BCUT2D eigenvalue weighted by molar-refractivity contribution is 0.00578. The molecule has 148 valence electrons. The van der Waals surface area contributed by atoms with Crippen molar-refractivity contribution in [3.63, 3.8) is 0 Å². The number of pyridine rings is 1. The zero-order chi connectivity index (χ0) is 20.5. The molecule has 28 heavy (non-hydrogen) atoms.